The van der Waals surface area contributed by atoms with Crippen molar-refractivity contribution in [2.75, 3.05) is 6.61 Å². The van der Waals surface area contributed by atoms with Crippen molar-refractivity contribution in [3.05, 3.63) is 11.7 Å². The predicted octanol–water partition coefficient (Wildman–Crippen LogP) is 0.476. The van der Waals surface area contributed by atoms with Gasteiger partial charge < -0.3 is 20.1 Å². The molecule has 1 saturated heterocycles. The van der Waals surface area contributed by atoms with Gasteiger partial charge >= 0.3 is 0 Å². The van der Waals surface area contributed by atoms with Gasteiger partial charge in [-0.2, -0.15) is 4.98 Å². The summed E-state index contributed by atoms with van der Waals surface area (Å²) in [6.07, 6.45) is 1.14. The Morgan fingerprint density at radius 3 is 2.88 bits per heavy atom. The maximum absolute atomic E-state index is 9.33. The minimum absolute atomic E-state index is 0.252. The second-order valence-electron chi connectivity index (χ2n) is 4.41. The molecule has 1 aliphatic heterocycles. The molecule has 2 heterocycles. The summed E-state index contributed by atoms with van der Waals surface area (Å²) < 4.78 is 10.6. The van der Waals surface area contributed by atoms with Crippen molar-refractivity contribution in [2.24, 2.45) is 5.73 Å². The average Bonchev–Trinajstić information content (AvgIpc) is 2.85. The molecule has 0 saturated carbocycles. The van der Waals surface area contributed by atoms with Gasteiger partial charge in [0.25, 0.3) is 0 Å². The number of aromatic nitrogens is 2. The summed E-state index contributed by atoms with van der Waals surface area (Å²) in [5.41, 5.74) is 5.23. The fourth-order valence-corrected chi connectivity index (χ4v) is 1.75. The highest BCUT2D eigenvalue weighted by Crippen LogP contribution is 2.34. The van der Waals surface area contributed by atoms with Gasteiger partial charge in [0.05, 0.1) is 6.10 Å². The van der Waals surface area contributed by atoms with E-state index in [0.717, 1.165) is 12.8 Å². The molecule has 16 heavy (non-hydrogen) atoms. The molecule has 1 aliphatic rings. The van der Waals surface area contributed by atoms with E-state index in [1.165, 1.54) is 0 Å². The van der Waals surface area contributed by atoms with Crippen LogP contribution >= 0.6 is 0 Å². The van der Waals surface area contributed by atoms with Crippen LogP contribution in [-0.2, 0) is 10.3 Å². The summed E-state index contributed by atoms with van der Waals surface area (Å²) in [4.78, 5) is 4.20. The highest BCUT2D eigenvalue weighted by molar-refractivity contribution is 5.03. The molecule has 0 radical (unpaired) electrons. The first-order valence-corrected chi connectivity index (χ1v) is 5.44. The Balaban J connectivity index is 2.19. The van der Waals surface area contributed by atoms with Crippen molar-refractivity contribution in [2.45, 2.75) is 44.4 Å². The molecular weight excluding hydrogens is 210 g/mol. The number of rotatable bonds is 3. The summed E-state index contributed by atoms with van der Waals surface area (Å²) in [5, 5.41) is 13.2. The van der Waals surface area contributed by atoms with Crippen LogP contribution < -0.4 is 5.73 Å². The van der Waals surface area contributed by atoms with Gasteiger partial charge in [0.15, 0.2) is 0 Å². The Morgan fingerprint density at radius 2 is 2.31 bits per heavy atom. The maximum atomic E-state index is 9.33. The molecular formula is C10H17N3O3. The van der Waals surface area contributed by atoms with Crippen LogP contribution in [0.4, 0.5) is 0 Å². The van der Waals surface area contributed by atoms with E-state index in [1.54, 1.807) is 6.92 Å². The van der Waals surface area contributed by atoms with Crippen molar-refractivity contribution in [3.8, 4) is 0 Å². The monoisotopic (exact) mass is 227 g/mol. The molecule has 3 unspecified atom stereocenters. The van der Waals surface area contributed by atoms with E-state index in [-0.39, 0.29) is 5.89 Å². The molecule has 0 aliphatic carbocycles. The van der Waals surface area contributed by atoms with Crippen LogP contribution in [0.2, 0.25) is 0 Å². The summed E-state index contributed by atoms with van der Waals surface area (Å²) >= 11 is 0. The summed E-state index contributed by atoms with van der Waals surface area (Å²) in [6.45, 7) is 4.23. The van der Waals surface area contributed by atoms with Crippen molar-refractivity contribution in [3.63, 3.8) is 0 Å². The first-order chi connectivity index (χ1) is 7.53. The standard InChI is InChI=1S/C10H17N3O3/c1-6(14)7(11)8-12-9(13-16-8)10(2)4-3-5-15-10/h6-7,14H,3-5,11H2,1-2H3. The quantitative estimate of drug-likeness (QED) is 0.779. The van der Waals surface area contributed by atoms with Gasteiger partial charge in [-0.1, -0.05) is 5.16 Å². The van der Waals surface area contributed by atoms with Crippen molar-refractivity contribution in [1.82, 2.24) is 10.1 Å². The Kier molecular flexibility index (Phi) is 2.96. The predicted molar refractivity (Wildman–Crippen MR) is 55.4 cm³/mol. The zero-order valence-corrected chi connectivity index (χ0v) is 9.51. The van der Waals surface area contributed by atoms with Crippen LogP contribution in [0.25, 0.3) is 0 Å². The lowest BCUT2D eigenvalue weighted by Crippen LogP contribution is -2.25. The highest BCUT2D eigenvalue weighted by Gasteiger charge is 2.37. The van der Waals surface area contributed by atoms with Crippen LogP contribution in [0.1, 0.15) is 44.4 Å². The molecule has 90 valence electrons. The number of hydrogen-bond acceptors (Lipinski definition) is 6. The van der Waals surface area contributed by atoms with E-state index in [1.807, 2.05) is 6.92 Å². The minimum Gasteiger partial charge on any atom is -0.391 e. The average molecular weight is 227 g/mol. The molecule has 6 heteroatoms. The van der Waals surface area contributed by atoms with Crippen molar-refractivity contribution in [1.29, 1.82) is 0 Å². The number of hydrogen-bond donors (Lipinski definition) is 2. The van der Waals surface area contributed by atoms with Gasteiger partial charge in [-0.05, 0) is 26.7 Å². The molecule has 0 spiro atoms. The molecule has 1 aromatic rings. The molecule has 1 aromatic heterocycles. The molecule has 0 bridgehead atoms. The van der Waals surface area contributed by atoms with E-state index < -0.39 is 17.7 Å². The number of nitrogens with two attached hydrogens (primary N) is 1. The second-order valence-corrected chi connectivity index (χ2v) is 4.41. The zero-order chi connectivity index (χ0) is 11.8. The topological polar surface area (TPSA) is 94.4 Å². The van der Waals surface area contributed by atoms with Crippen LogP contribution in [-0.4, -0.2) is 28.0 Å². The molecule has 0 amide bonds. The van der Waals surface area contributed by atoms with E-state index >= 15 is 0 Å². The fourth-order valence-electron chi connectivity index (χ4n) is 1.75. The number of ether oxygens (including phenoxy) is 1. The van der Waals surface area contributed by atoms with E-state index in [4.69, 9.17) is 15.0 Å². The highest BCUT2D eigenvalue weighted by atomic mass is 16.5. The van der Waals surface area contributed by atoms with Gasteiger partial charge in [-0.25, -0.2) is 0 Å². The lowest BCUT2D eigenvalue weighted by atomic mass is 10.0. The summed E-state index contributed by atoms with van der Waals surface area (Å²) in [7, 11) is 0. The van der Waals surface area contributed by atoms with Gasteiger partial charge in [0, 0.05) is 6.61 Å². The lowest BCUT2D eigenvalue weighted by Gasteiger charge is -2.17. The SMILES string of the molecule is CC(O)C(N)c1nc(C2(C)CCCO2)no1. The Morgan fingerprint density at radius 1 is 1.56 bits per heavy atom. The van der Waals surface area contributed by atoms with Crippen LogP contribution in [0.15, 0.2) is 4.52 Å². The van der Waals surface area contributed by atoms with Gasteiger partial charge in [0.1, 0.15) is 11.6 Å². The van der Waals surface area contributed by atoms with Crippen molar-refractivity contribution >= 4 is 0 Å². The number of aliphatic hydroxyl groups is 1. The van der Waals surface area contributed by atoms with Crippen LogP contribution in [0.3, 0.4) is 0 Å². The lowest BCUT2D eigenvalue weighted by molar-refractivity contribution is 0.00768. The third-order valence-electron chi connectivity index (χ3n) is 2.94. The molecule has 0 aromatic carbocycles. The fraction of sp³-hybridized carbons (Fsp3) is 0.800. The van der Waals surface area contributed by atoms with Gasteiger partial charge in [0.2, 0.25) is 11.7 Å². The molecule has 3 N–H and O–H groups in total. The normalized spacial score (nSPS) is 29.2. The Bertz CT molecular complexity index is 358. The Labute approximate surface area is 93.8 Å². The van der Waals surface area contributed by atoms with Gasteiger partial charge in [-0.15, -0.1) is 0 Å². The van der Waals surface area contributed by atoms with E-state index in [9.17, 15) is 5.11 Å². The van der Waals surface area contributed by atoms with E-state index in [2.05, 4.69) is 10.1 Å². The molecule has 1 fully saturated rings. The zero-order valence-electron chi connectivity index (χ0n) is 9.51. The first-order valence-electron chi connectivity index (χ1n) is 5.44. The molecule has 3 atom stereocenters. The largest absolute Gasteiger partial charge is 0.391 e. The third-order valence-corrected chi connectivity index (χ3v) is 2.94. The minimum atomic E-state index is -0.717. The Hall–Kier alpha value is -0.980. The summed E-state index contributed by atoms with van der Waals surface area (Å²) in [6, 6.07) is -0.647. The third kappa shape index (κ3) is 1.95. The van der Waals surface area contributed by atoms with Crippen LogP contribution in [0.5, 0.6) is 0 Å². The van der Waals surface area contributed by atoms with Gasteiger partial charge in [-0.3, -0.25) is 0 Å². The van der Waals surface area contributed by atoms with E-state index in [0.29, 0.717) is 12.4 Å². The number of nitrogens with zero attached hydrogens (tertiary/aromatic N) is 2. The van der Waals surface area contributed by atoms with Crippen molar-refractivity contribution < 1.29 is 14.4 Å². The van der Waals surface area contributed by atoms with Crippen LogP contribution in [0, 0.1) is 0 Å². The smallest absolute Gasteiger partial charge is 0.246 e. The summed E-state index contributed by atoms with van der Waals surface area (Å²) in [5.74, 6) is 0.762. The maximum Gasteiger partial charge on any atom is 0.246 e. The molecule has 6 nitrogen and oxygen atoms in total. The first kappa shape index (κ1) is 11.5. The second kappa shape index (κ2) is 4.12. The molecule has 2 rings (SSSR count). The number of aliphatic hydroxyl groups excluding tert-OH is 1.